The Balaban J connectivity index is 4.13. The normalized spacial score (nSPS) is 12.4. The van der Waals surface area contributed by atoms with E-state index in [4.69, 9.17) is 14.2 Å². The molecule has 0 aromatic heterocycles. The number of rotatable bonds is 56. The van der Waals surface area contributed by atoms with E-state index < -0.39 is 6.10 Å². The van der Waals surface area contributed by atoms with Gasteiger partial charge in [-0.1, -0.05) is 274 Å². The van der Waals surface area contributed by atoms with Crippen molar-refractivity contribution in [2.24, 2.45) is 0 Å². The van der Waals surface area contributed by atoms with Gasteiger partial charge in [0.05, 0.1) is 0 Å². The summed E-state index contributed by atoms with van der Waals surface area (Å²) in [5, 5.41) is 0. The van der Waals surface area contributed by atoms with Crippen LogP contribution < -0.4 is 0 Å². The Labute approximate surface area is 440 Å². The number of unbranched alkanes of at least 4 members (excludes halogenated alkanes) is 35. The zero-order valence-corrected chi connectivity index (χ0v) is 47.2. The first kappa shape index (κ1) is 68.1. The van der Waals surface area contributed by atoms with Gasteiger partial charge in [-0.15, -0.1) is 0 Å². The highest BCUT2D eigenvalue weighted by Gasteiger charge is 2.19. The predicted octanol–water partition coefficient (Wildman–Crippen LogP) is 20.8. The highest BCUT2D eigenvalue weighted by Crippen LogP contribution is 2.17. The van der Waals surface area contributed by atoms with Crippen LogP contribution in [-0.4, -0.2) is 37.2 Å². The summed E-state index contributed by atoms with van der Waals surface area (Å²) in [6.45, 7) is 6.51. The molecule has 0 aliphatic rings. The highest BCUT2D eigenvalue weighted by atomic mass is 16.6. The van der Waals surface area contributed by atoms with Gasteiger partial charge in [-0.2, -0.15) is 0 Å². The highest BCUT2D eigenvalue weighted by molar-refractivity contribution is 5.71. The van der Waals surface area contributed by atoms with Crippen molar-refractivity contribution in [1.82, 2.24) is 0 Å². The lowest BCUT2D eigenvalue weighted by Crippen LogP contribution is -2.30. The Morgan fingerprint density at radius 2 is 0.549 bits per heavy atom. The molecule has 0 fully saturated rings. The molecule has 0 heterocycles. The summed E-state index contributed by atoms with van der Waals surface area (Å²) in [4.78, 5) is 38.0. The zero-order valence-electron chi connectivity index (χ0n) is 47.2. The Hall–Kier alpha value is -2.89. The molecule has 6 nitrogen and oxygen atoms in total. The minimum absolute atomic E-state index is 0.0751. The first-order valence-electron chi connectivity index (χ1n) is 30.8. The van der Waals surface area contributed by atoms with E-state index in [0.29, 0.717) is 19.3 Å². The molecule has 1 atom stereocenters. The molecule has 0 radical (unpaired) electrons. The molecule has 0 aliphatic heterocycles. The van der Waals surface area contributed by atoms with Crippen molar-refractivity contribution >= 4 is 17.9 Å². The second-order valence-electron chi connectivity index (χ2n) is 20.6. The van der Waals surface area contributed by atoms with E-state index in [-0.39, 0.29) is 31.1 Å². The van der Waals surface area contributed by atoms with Crippen molar-refractivity contribution < 1.29 is 28.6 Å². The van der Waals surface area contributed by atoms with Gasteiger partial charge in [0.15, 0.2) is 6.10 Å². The van der Waals surface area contributed by atoms with E-state index in [2.05, 4.69) is 81.5 Å². The second kappa shape index (κ2) is 59.7. The van der Waals surface area contributed by atoms with Crippen molar-refractivity contribution in [3.8, 4) is 0 Å². The molecule has 412 valence electrons. The van der Waals surface area contributed by atoms with Crippen molar-refractivity contribution in [3.63, 3.8) is 0 Å². The van der Waals surface area contributed by atoms with Gasteiger partial charge in [-0.05, 0) is 83.5 Å². The van der Waals surface area contributed by atoms with Gasteiger partial charge in [-0.3, -0.25) is 14.4 Å². The number of esters is 3. The number of hydrogen-bond donors (Lipinski definition) is 0. The van der Waals surface area contributed by atoms with Crippen LogP contribution in [0.2, 0.25) is 0 Å². The summed E-state index contributed by atoms with van der Waals surface area (Å²) in [5.74, 6) is -0.877. The van der Waals surface area contributed by atoms with Crippen LogP contribution in [-0.2, 0) is 28.6 Å². The van der Waals surface area contributed by atoms with Crippen LogP contribution in [0.1, 0.15) is 316 Å². The standard InChI is InChI=1S/C65H116O6/c1-4-7-10-13-16-18-20-22-24-26-28-30-31-32-33-35-36-38-40-42-44-46-49-52-55-58-64(67)70-61-62(60-69-63(66)57-54-51-48-15-12-9-6-3)71-65(68)59-56-53-50-47-45-43-41-39-37-34-29-27-25-23-21-19-17-14-11-8-5-2/h8,11,17,19,23,25-26,28-29,34,62H,4-7,9-10,12-16,18,20-22,24,27,30-33,35-61H2,1-3H3/b11-8-,19-17-,25-23-,28-26-,34-29-. The van der Waals surface area contributed by atoms with Crippen LogP contribution in [0.3, 0.4) is 0 Å². The van der Waals surface area contributed by atoms with Gasteiger partial charge in [0, 0.05) is 19.3 Å². The maximum atomic E-state index is 12.8. The van der Waals surface area contributed by atoms with Crippen LogP contribution in [0.5, 0.6) is 0 Å². The fourth-order valence-electron chi connectivity index (χ4n) is 8.90. The van der Waals surface area contributed by atoms with Gasteiger partial charge >= 0.3 is 17.9 Å². The molecule has 0 rings (SSSR count). The molecule has 0 saturated heterocycles. The largest absolute Gasteiger partial charge is 0.462 e. The molecule has 1 unspecified atom stereocenters. The quantitative estimate of drug-likeness (QED) is 0.0261. The van der Waals surface area contributed by atoms with Crippen molar-refractivity contribution in [3.05, 3.63) is 60.8 Å². The third kappa shape index (κ3) is 57.9. The number of ether oxygens (including phenoxy) is 3. The third-order valence-electron chi connectivity index (χ3n) is 13.5. The van der Waals surface area contributed by atoms with Gasteiger partial charge in [0.1, 0.15) is 13.2 Å². The van der Waals surface area contributed by atoms with E-state index in [1.165, 1.54) is 186 Å². The van der Waals surface area contributed by atoms with Crippen LogP contribution in [0.4, 0.5) is 0 Å². The zero-order chi connectivity index (χ0) is 51.4. The maximum Gasteiger partial charge on any atom is 0.306 e. The van der Waals surface area contributed by atoms with E-state index in [1.54, 1.807) is 0 Å². The van der Waals surface area contributed by atoms with Crippen molar-refractivity contribution in [1.29, 1.82) is 0 Å². The molecular formula is C65H116O6. The van der Waals surface area contributed by atoms with Gasteiger partial charge in [0.25, 0.3) is 0 Å². The van der Waals surface area contributed by atoms with E-state index in [0.717, 1.165) is 89.9 Å². The predicted molar refractivity (Wildman–Crippen MR) is 307 cm³/mol. The van der Waals surface area contributed by atoms with E-state index in [9.17, 15) is 14.4 Å². The molecule has 6 heteroatoms. The molecule has 0 aliphatic carbocycles. The fraction of sp³-hybridized carbons (Fsp3) is 0.800. The molecule has 0 saturated carbocycles. The average Bonchev–Trinajstić information content (AvgIpc) is 3.37. The third-order valence-corrected chi connectivity index (χ3v) is 13.5. The fourth-order valence-corrected chi connectivity index (χ4v) is 8.90. The molecular weight excluding hydrogens is 877 g/mol. The van der Waals surface area contributed by atoms with Crippen LogP contribution in [0, 0.1) is 0 Å². The lowest BCUT2D eigenvalue weighted by molar-refractivity contribution is -0.167. The molecule has 0 bridgehead atoms. The average molecular weight is 994 g/mol. The maximum absolute atomic E-state index is 12.8. The topological polar surface area (TPSA) is 78.9 Å². The summed E-state index contributed by atoms with van der Waals surface area (Å²) in [6.07, 6.45) is 75.3. The molecule has 0 aromatic rings. The summed E-state index contributed by atoms with van der Waals surface area (Å²) < 4.78 is 16.8. The smallest absolute Gasteiger partial charge is 0.306 e. The minimum atomic E-state index is -0.775. The first-order valence-corrected chi connectivity index (χ1v) is 30.8. The summed E-state index contributed by atoms with van der Waals surface area (Å²) >= 11 is 0. The Morgan fingerprint density at radius 3 is 0.873 bits per heavy atom. The molecule has 0 N–H and O–H groups in total. The van der Waals surface area contributed by atoms with Crippen LogP contribution in [0.25, 0.3) is 0 Å². The Bertz CT molecular complexity index is 1280. The first-order chi connectivity index (χ1) is 35.0. The van der Waals surface area contributed by atoms with Crippen molar-refractivity contribution in [2.75, 3.05) is 13.2 Å². The molecule has 0 aromatic carbocycles. The SMILES string of the molecule is CC/C=C\C/C=C\C/C=C\C/C=C\CCCCCCCCCCC(=O)OC(COC(=O)CCCCCCCCC)COC(=O)CCCCCCCCCCCCCCC/C=C\CCCCCCCCCC. The van der Waals surface area contributed by atoms with E-state index in [1.807, 2.05) is 0 Å². The Kier molecular flexibility index (Phi) is 57.2. The molecule has 71 heavy (non-hydrogen) atoms. The van der Waals surface area contributed by atoms with Crippen LogP contribution in [0.15, 0.2) is 60.8 Å². The number of carbonyl (C=O) groups excluding carboxylic acids is 3. The minimum Gasteiger partial charge on any atom is -0.462 e. The van der Waals surface area contributed by atoms with Crippen molar-refractivity contribution in [2.45, 2.75) is 322 Å². The lowest BCUT2D eigenvalue weighted by atomic mass is 10.0. The molecule has 0 spiro atoms. The molecule has 0 amide bonds. The van der Waals surface area contributed by atoms with Gasteiger partial charge < -0.3 is 14.2 Å². The van der Waals surface area contributed by atoms with Gasteiger partial charge in [-0.25, -0.2) is 0 Å². The summed E-state index contributed by atoms with van der Waals surface area (Å²) in [7, 11) is 0. The number of allylic oxidation sites excluding steroid dienone is 10. The monoisotopic (exact) mass is 993 g/mol. The summed E-state index contributed by atoms with van der Waals surface area (Å²) in [5.41, 5.74) is 0. The number of carbonyl (C=O) groups is 3. The second-order valence-corrected chi connectivity index (χ2v) is 20.6. The van der Waals surface area contributed by atoms with Crippen LogP contribution >= 0.6 is 0 Å². The number of hydrogen-bond acceptors (Lipinski definition) is 6. The summed E-state index contributed by atoms with van der Waals surface area (Å²) in [6, 6.07) is 0. The Morgan fingerprint density at radius 1 is 0.296 bits per heavy atom. The van der Waals surface area contributed by atoms with E-state index >= 15 is 0 Å². The van der Waals surface area contributed by atoms with Gasteiger partial charge in [0.2, 0.25) is 0 Å². The lowest BCUT2D eigenvalue weighted by Gasteiger charge is -2.18.